The Balaban J connectivity index is 1.76. The number of nitrogens with one attached hydrogen (secondary N) is 1. The first kappa shape index (κ1) is 10.1. The van der Waals surface area contributed by atoms with Gasteiger partial charge in [0.2, 0.25) is 0 Å². The van der Waals surface area contributed by atoms with Crippen LogP contribution in [0.2, 0.25) is 0 Å². The highest BCUT2D eigenvalue weighted by Crippen LogP contribution is 2.51. The molecule has 1 aromatic carbocycles. The monoisotopic (exact) mass is 291 g/mol. The van der Waals surface area contributed by atoms with Gasteiger partial charge in [0.05, 0.1) is 17.1 Å². The van der Waals surface area contributed by atoms with Gasteiger partial charge in [-0.05, 0) is 44.0 Å². The molecular formula is C13H14BrN3. The number of aromatic amines is 1. The summed E-state index contributed by atoms with van der Waals surface area (Å²) in [6.07, 6.45) is 2.65. The SMILES string of the molecule is CN1C(c2nc3ccc(Br)cc3[nH]2)CC2CC21. The number of imidazole rings is 1. The number of fused-ring (bicyclic) bond motifs is 2. The molecule has 2 aromatic rings. The molecule has 1 aliphatic heterocycles. The molecule has 1 aliphatic carbocycles. The van der Waals surface area contributed by atoms with E-state index < -0.39 is 0 Å². The maximum atomic E-state index is 4.72. The van der Waals surface area contributed by atoms with E-state index in [1.165, 1.54) is 12.8 Å². The van der Waals surface area contributed by atoms with Crippen molar-refractivity contribution in [1.29, 1.82) is 0 Å². The molecular weight excluding hydrogens is 278 g/mol. The van der Waals surface area contributed by atoms with E-state index in [1.54, 1.807) is 0 Å². The molecule has 4 rings (SSSR count). The predicted molar refractivity (Wildman–Crippen MR) is 70.8 cm³/mol. The quantitative estimate of drug-likeness (QED) is 0.876. The Morgan fingerprint density at radius 3 is 3.06 bits per heavy atom. The van der Waals surface area contributed by atoms with Crippen LogP contribution in [0.1, 0.15) is 24.7 Å². The summed E-state index contributed by atoms with van der Waals surface area (Å²) < 4.78 is 1.10. The van der Waals surface area contributed by atoms with E-state index in [1.807, 2.05) is 6.07 Å². The average Bonchev–Trinajstić information content (AvgIpc) is 2.84. The van der Waals surface area contributed by atoms with Crippen molar-refractivity contribution < 1.29 is 0 Å². The summed E-state index contributed by atoms with van der Waals surface area (Å²) in [6.45, 7) is 0. The summed E-state index contributed by atoms with van der Waals surface area (Å²) in [7, 11) is 2.23. The van der Waals surface area contributed by atoms with Crippen LogP contribution in [0, 0.1) is 5.92 Å². The van der Waals surface area contributed by atoms with Crippen molar-refractivity contribution in [3.63, 3.8) is 0 Å². The highest BCUT2D eigenvalue weighted by molar-refractivity contribution is 9.10. The van der Waals surface area contributed by atoms with Gasteiger partial charge in [0.1, 0.15) is 5.82 Å². The van der Waals surface area contributed by atoms with Gasteiger partial charge in [0, 0.05) is 10.5 Å². The molecule has 1 aromatic heterocycles. The second kappa shape index (κ2) is 3.33. The number of aromatic nitrogens is 2. The number of hydrogen-bond acceptors (Lipinski definition) is 2. The van der Waals surface area contributed by atoms with Gasteiger partial charge in [-0.1, -0.05) is 15.9 Å². The minimum Gasteiger partial charge on any atom is -0.341 e. The van der Waals surface area contributed by atoms with Crippen molar-refractivity contribution in [2.45, 2.75) is 24.9 Å². The van der Waals surface area contributed by atoms with Crippen molar-refractivity contribution in [2.24, 2.45) is 5.92 Å². The van der Waals surface area contributed by atoms with Crippen LogP contribution in [0.3, 0.4) is 0 Å². The minimum atomic E-state index is 0.491. The number of piperidine rings is 1. The molecule has 0 spiro atoms. The van der Waals surface area contributed by atoms with Crippen LogP contribution in [0.25, 0.3) is 11.0 Å². The summed E-state index contributed by atoms with van der Waals surface area (Å²) in [5, 5.41) is 0. The molecule has 0 radical (unpaired) electrons. The van der Waals surface area contributed by atoms with Crippen molar-refractivity contribution in [2.75, 3.05) is 7.05 Å². The molecule has 88 valence electrons. The first-order valence-corrected chi connectivity index (χ1v) is 6.89. The Morgan fingerprint density at radius 2 is 2.29 bits per heavy atom. The van der Waals surface area contributed by atoms with Crippen LogP contribution in [-0.2, 0) is 0 Å². The number of rotatable bonds is 1. The number of halogens is 1. The normalized spacial score (nSPS) is 32.0. The molecule has 1 N–H and O–H groups in total. The standard InChI is InChI=1S/C13H14BrN3/c1-17-11-4-7(11)5-12(17)13-15-9-3-2-8(14)6-10(9)16-13/h2-3,6-7,11-12H,4-5H2,1H3,(H,15,16). The Morgan fingerprint density at radius 1 is 1.41 bits per heavy atom. The first-order valence-electron chi connectivity index (χ1n) is 6.09. The molecule has 2 aliphatic rings. The second-order valence-corrected chi connectivity index (χ2v) is 6.18. The second-order valence-electron chi connectivity index (χ2n) is 5.26. The van der Waals surface area contributed by atoms with Crippen LogP contribution in [-0.4, -0.2) is 28.0 Å². The number of H-pyrrole nitrogens is 1. The first-order chi connectivity index (χ1) is 8.22. The topological polar surface area (TPSA) is 31.9 Å². The summed E-state index contributed by atoms with van der Waals surface area (Å²) in [4.78, 5) is 10.7. The summed E-state index contributed by atoms with van der Waals surface area (Å²) in [5.41, 5.74) is 2.19. The zero-order valence-corrected chi connectivity index (χ0v) is 11.2. The molecule has 0 bridgehead atoms. The van der Waals surface area contributed by atoms with Crippen LogP contribution >= 0.6 is 15.9 Å². The summed E-state index contributed by atoms with van der Waals surface area (Å²) in [6, 6.07) is 7.52. The zero-order chi connectivity index (χ0) is 11.6. The lowest BCUT2D eigenvalue weighted by Gasteiger charge is -2.20. The molecule has 3 atom stereocenters. The van der Waals surface area contributed by atoms with Gasteiger partial charge in [-0.15, -0.1) is 0 Å². The van der Waals surface area contributed by atoms with Gasteiger partial charge >= 0.3 is 0 Å². The van der Waals surface area contributed by atoms with Gasteiger partial charge in [0.15, 0.2) is 0 Å². The van der Waals surface area contributed by atoms with Crippen LogP contribution < -0.4 is 0 Å². The van der Waals surface area contributed by atoms with Gasteiger partial charge in [-0.3, -0.25) is 4.90 Å². The third-order valence-corrected chi connectivity index (χ3v) is 4.70. The van der Waals surface area contributed by atoms with E-state index in [-0.39, 0.29) is 0 Å². The Labute approximate surface area is 108 Å². The van der Waals surface area contributed by atoms with E-state index in [0.717, 1.165) is 33.3 Å². The lowest BCUT2D eigenvalue weighted by molar-refractivity contribution is 0.264. The third kappa shape index (κ3) is 1.47. The highest BCUT2D eigenvalue weighted by atomic mass is 79.9. The van der Waals surface area contributed by atoms with E-state index in [4.69, 9.17) is 4.98 Å². The molecule has 2 heterocycles. The van der Waals surface area contributed by atoms with Crippen LogP contribution in [0.5, 0.6) is 0 Å². The molecule has 3 nitrogen and oxygen atoms in total. The van der Waals surface area contributed by atoms with E-state index in [9.17, 15) is 0 Å². The largest absolute Gasteiger partial charge is 0.341 e. The third-order valence-electron chi connectivity index (χ3n) is 4.20. The molecule has 17 heavy (non-hydrogen) atoms. The van der Waals surface area contributed by atoms with Crippen LogP contribution in [0.15, 0.2) is 22.7 Å². The van der Waals surface area contributed by atoms with Crippen molar-refractivity contribution in [1.82, 2.24) is 14.9 Å². The number of benzene rings is 1. The lowest BCUT2D eigenvalue weighted by Crippen LogP contribution is -2.22. The summed E-state index contributed by atoms with van der Waals surface area (Å²) >= 11 is 3.50. The van der Waals surface area contributed by atoms with Gasteiger partial charge in [-0.25, -0.2) is 4.98 Å². The fraction of sp³-hybridized carbons (Fsp3) is 0.462. The van der Waals surface area contributed by atoms with E-state index >= 15 is 0 Å². The smallest absolute Gasteiger partial charge is 0.124 e. The van der Waals surface area contributed by atoms with Gasteiger partial charge in [-0.2, -0.15) is 0 Å². The van der Waals surface area contributed by atoms with E-state index in [0.29, 0.717) is 6.04 Å². The molecule has 0 amide bonds. The Hall–Kier alpha value is -0.870. The Kier molecular flexibility index (Phi) is 1.97. The van der Waals surface area contributed by atoms with Crippen molar-refractivity contribution in [3.8, 4) is 0 Å². The van der Waals surface area contributed by atoms with Crippen molar-refractivity contribution in [3.05, 3.63) is 28.5 Å². The highest BCUT2D eigenvalue weighted by Gasteiger charge is 2.51. The fourth-order valence-corrected chi connectivity index (χ4v) is 3.49. The van der Waals surface area contributed by atoms with Gasteiger partial charge < -0.3 is 4.98 Å². The maximum absolute atomic E-state index is 4.72. The number of likely N-dealkylation sites (tertiary alicyclic amines) is 1. The van der Waals surface area contributed by atoms with Gasteiger partial charge in [0.25, 0.3) is 0 Å². The number of nitrogens with zero attached hydrogens (tertiary/aromatic N) is 2. The minimum absolute atomic E-state index is 0.491. The van der Waals surface area contributed by atoms with Crippen molar-refractivity contribution >= 4 is 27.0 Å². The molecule has 1 saturated carbocycles. The molecule has 3 unspecified atom stereocenters. The number of hydrogen-bond donors (Lipinski definition) is 1. The lowest BCUT2D eigenvalue weighted by atomic mass is 10.1. The Bertz CT molecular complexity index is 591. The summed E-state index contributed by atoms with van der Waals surface area (Å²) in [5.74, 6) is 2.05. The van der Waals surface area contributed by atoms with E-state index in [2.05, 4.69) is 45.0 Å². The zero-order valence-electron chi connectivity index (χ0n) is 9.65. The molecule has 2 fully saturated rings. The molecule has 4 heteroatoms. The van der Waals surface area contributed by atoms with Crippen LogP contribution in [0.4, 0.5) is 0 Å². The maximum Gasteiger partial charge on any atom is 0.124 e. The fourth-order valence-electron chi connectivity index (χ4n) is 3.13. The molecule has 1 saturated heterocycles. The predicted octanol–water partition coefficient (Wildman–Crippen LogP) is 3.09. The average molecular weight is 292 g/mol.